The zero-order valence-electron chi connectivity index (χ0n) is 10.1. The molecule has 4 nitrogen and oxygen atoms in total. The van der Waals surface area contributed by atoms with Crippen molar-refractivity contribution in [1.82, 2.24) is 15.4 Å². The fraction of sp³-hybridized carbons (Fsp3) is 0. The highest BCUT2D eigenvalue weighted by atomic mass is 16.1. The second-order valence-electron chi connectivity index (χ2n) is 4.13. The smallest absolute Gasteiger partial charge is 0.185 e. The first-order valence-corrected chi connectivity index (χ1v) is 5.87. The van der Waals surface area contributed by atoms with Gasteiger partial charge in [0.25, 0.3) is 0 Å². The van der Waals surface area contributed by atoms with Crippen molar-refractivity contribution in [2.75, 3.05) is 0 Å². The van der Waals surface area contributed by atoms with Gasteiger partial charge >= 0.3 is 0 Å². The van der Waals surface area contributed by atoms with Crippen LogP contribution in [0.2, 0.25) is 0 Å². The van der Waals surface area contributed by atoms with Gasteiger partial charge in [-0.05, 0) is 23.8 Å². The first kappa shape index (κ1) is 11.3. The van der Waals surface area contributed by atoms with Crippen LogP contribution in [-0.2, 0) is 0 Å². The molecule has 0 atom stereocenters. The highest BCUT2D eigenvalue weighted by molar-refractivity contribution is 6.13. The van der Waals surface area contributed by atoms with Gasteiger partial charge < -0.3 is 0 Å². The van der Waals surface area contributed by atoms with Crippen LogP contribution in [0.3, 0.4) is 0 Å². The number of fused-ring (bicyclic) bond motifs is 1. The zero-order valence-corrected chi connectivity index (χ0v) is 10.1. The lowest BCUT2D eigenvalue weighted by Gasteiger charge is -2.07. The Morgan fingerprint density at radius 1 is 1.16 bits per heavy atom. The summed E-state index contributed by atoms with van der Waals surface area (Å²) in [7, 11) is 0. The fourth-order valence-corrected chi connectivity index (χ4v) is 2.13. The van der Waals surface area contributed by atoms with E-state index in [1.807, 2.05) is 30.3 Å². The lowest BCUT2D eigenvalue weighted by atomic mass is 9.95. The number of nitrogens with one attached hydrogen (secondary N) is 1. The number of carbonyl (C=O) groups excluding carboxylic acids is 1. The van der Waals surface area contributed by atoms with E-state index < -0.39 is 0 Å². The van der Waals surface area contributed by atoms with Gasteiger partial charge in [-0.3, -0.25) is 9.89 Å². The Labute approximate surface area is 109 Å². The lowest BCUT2D eigenvalue weighted by molar-refractivity contribution is 0.104. The maximum atomic E-state index is 12.0. The molecule has 1 aromatic heterocycles. The summed E-state index contributed by atoms with van der Waals surface area (Å²) in [5.74, 6) is -0.122. The monoisotopic (exact) mass is 249 g/mol. The normalized spacial score (nSPS) is 10.5. The fourth-order valence-electron chi connectivity index (χ4n) is 2.13. The van der Waals surface area contributed by atoms with Gasteiger partial charge in [-0.2, -0.15) is 0 Å². The zero-order chi connectivity index (χ0) is 13.2. The van der Waals surface area contributed by atoms with E-state index in [4.69, 9.17) is 0 Å². The van der Waals surface area contributed by atoms with Crippen molar-refractivity contribution in [2.45, 2.75) is 0 Å². The molecule has 2 aromatic carbocycles. The molecule has 3 rings (SSSR count). The number of ketones is 1. The number of H-pyrrole nitrogens is 1. The van der Waals surface area contributed by atoms with Gasteiger partial charge in [0.2, 0.25) is 0 Å². The van der Waals surface area contributed by atoms with Crippen LogP contribution in [0.5, 0.6) is 0 Å². The van der Waals surface area contributed by atoms with Crippen LogP contribution in [0.4, 0.5) is 0 Å². The Morgan fingerprint density at radius 3 is 2.68 bits per heavy atom. The number of carbonyl (C=O) groups is 1. The van der Waals surface area contributed by atoms with E-state index in [1.165, 1.54) is 6.08 Å². The summed E-state index contributed by atoms with van der Waals surface area (Å²) >= 11 is 0. The first-order valence-electron chi connectivity index (χ1n) is 5.87. The molecule has 0 radical (unpaired) electrons. The molecule has 0 fully saturated rings. The second kappa shape index (κ2) is 4.49. The molecule has 0 saturated carbocycles. The summed E-state index contributed by atoms with van der Waals surface area (Å²) in [6.07, 6.45) is 1.31. The molecular formula is C15H11N3O. The van der Waals surface area contributed by atoms with Crippen molar-refractivity contribution >= 4 is 16.8 Å². The van der Waals surface area contributed by atoms with Crippen LogP contribution in [0.25, 0.3) is 22.2 Å². The molecule has 0 aliphatic rings. The SMILES string of the molecule is C=CC(=O)c1ccc2[nH]nnc2c1-c1ccccc1. The molecule has 0 bridgehead atoms. The average Bonchev–Trinajstić information content (AvgIpc) is 2.94. The quantitative estimate of drug-likeness (QED) is 0.573. The largest absolute Gasteiger partial charge is 0.289 e. The third kappa shape index (κ3) is 1.83. The second-order valence-corrected chi connectivity index (χ2v) is 4.13. The van der Waals surface area contributed by atoms with Crippen LogP contribution >= 0.6 is 0 Å². The number of nitrogens with zero attached hydrogens (tertiary/aromatic N) is 2. The molecular weight excluding hydrogens is 238 g/mol. The van der Waals surface area contributed by atoms with Crippen LogP contribution in [0.1, 0.15) is 10.4 Å². The number of hydrogen-bond donors (Lipinski definition) is 1. The number of benzene rings is 2. The molecule has 0 unspecified atom stereocenters. The van der Waals surface area contributed by atoms with Crippen molar-refractivity contribution in [3.63, 3.8) is 0 Å². The van der Waals surface area contributed by atoms with Gasteiger partial charge in [0.1, 0.15) is 5.52 Å². The minimum Gasteiger partial charge on any atom is -0.289 e. The predicted molar refractivity (Wildman–Crippen MR) is 73.9 cm³/mol. The van der Waals surface area contributed by atoms with Gasteiger partial charge in [-0.1, -0.05) is 42.1 Å². The summed E-state index contributed by atoms with van der Waals surface area (Å²) in [6.45, 7) is 3.55. The van der Waals surface area contributed by atoms with Crippen molar-refractivity contribution < 1.29 is 4.79 Å². The van der Waals surface area contributed by atoms with Crippen molar-refractivity contribution in [2.24, 2.45) is 0 Å². The Balaban J connectivity index is 2.38. The van der Waals surface area contributed by atoms with E-state index in [2.05, 4.69) is 22.0 Å². The predicted octanol–water partition coefficient (Wildman–Crippen LogP) is 2.99. The van der Waals surface area contributed by atoms with Crippen LogP contribution < -0.4 is 0 Å². The van der Waals surface area contributed by atoms with Gasteiger partial charge in [0, 0.05) is 11.1 Å². The van der Waals surface area contributed by atoms with E-state index in [9.17, 15) is 4.79 Å². The minimum atomic E-state index is -0.122. The molecule has 3 aromatic rings. The van der Waals surface area contributed by atoms with Crippen molar-refractivity contribution in [1.29, 1.82) is 0 Å². The molecule has 19 heavy (non-hydrogen) atoms. The summed E-state index contributed by atoms with van der Waals surface area (Å²) in [4.78, 5) is 12.0. The third-order valence-corrected chi connectivity index (χ3v) is 3.01. The van der Waals surface area contributed by atoms with E-state index in [-0.39, 0.29) is 5.78 Å². The number of rotatable bonds is 3. The minimum absolute atomic E-state index is 0.122. The lowest BCUT2D eigenvalue weighted by Crippen LogP contribution is -1.98. The molecule has 0 aliphatic heterocycles. The molecule has 0 amide bonds. The van der Waals surface area contributed by atoms with E-state index in [0.29, 0.717) is 11.1 Å². The third-order valence-electron chi connectivity index (χ3n) is 3.01. The van der Waals surface area contributed by atoms with E-state index in [1.54, 1.807) is 12.1 Å². The maximum absolute atomic E-state index is 12.0. The molecule has 4 heteroatoms. The van der Waals surface area contributed by atoms with Gasteiger partial charge in [0.15, 0.2) is 5.78 Å². The highest BCUT2D eigenvalue weighted by Gasteiger charge is 2.15. The molecule has 1 heterocycles. The Bertz CT molecular complexity index is 759. The number of hydrogen-bond acceptors (Lipinski definition) is 3. The summed E-state index contributed by atoms with van der Waals surface area (Å²) in [5.41, 5.74) is 3.81. The van der Waals surface area contributed by atoms with Crippen LogP contribution in [0.15, 0.2) is 55.1 Å². The average molecular weight is 249 g/mol. The van der Waals surface area contributed by atoms with Crippen molar-refractivity contribution in [3.8, 4) is 11.1 Å². The Hall–Kier alpha value is -2.75. The number of aromatic amines is 1. The van der Waals surface area contributed by atoms with Gasteiger partial charge in [0.05, 0.1) is 5.52 Å². The molecule has 92 valence electrons. The summed E-state index contributed by atoms with van der Waals surface area (Å²) in [5, 5.41) is 10.7. The molecule has 1 N–H and O–H groups in total. The first-order chi connectivity index (χ1) is 9.31. The molecule has 0 saturated heterocycles. The standard InChI is InChI=1S/C15H11N3O/c1-2-13(19)11-8-9-12-15(17-18-16-12)14(11)10-6-4-3-5-7-10/h2-9H,1H2,(H,16,17,18). The summed E-state index contributed by atoms with van der Waals surface area (Å²) in [6, 6.07) is 13.3. The number of allylic oxidation sites excluding steroid dienone is 1. The summed E-state index contributed by atoms with van der Waals surface area (Å²) < 4.78 is 0. The molecule has 0 aliphatic carbocycles. The molecule has 0 spiro atoms. The Morgan fingerprint density at radius 2 is 1.95 bits per heavy atom. The number of aromatic nitrogens is 3. The Kier molecular flexibility index (Phi) is 2.68. The highest BCUT2D eigenvalue weighted by Crippen LogP contribution is 2.30. The maximum Gasteiger partial charge on any atom is 0.185 e. The van der Waals surface area contributed by atoms with E-state index >= 15 is 0 Å². The van der Waals surface area contributed by atoms with Crippen LogP contribution in [0, 0.1) is 0 Å². The van der Waals surface area contributed by atoms with E-state index in [0.717, 1.165) is 16.6 Å². The van der Waals surface area contributed by atoms with Crippen LogP contribution in [-0.4, -0.2) is 21.2 Å². The topological polar surface area (TPSA) is 58.6 Å². The van der Waals surface area contributed by atoms with Gasteiger partial charge in [-0.15, -0.1) is 5.10 Å². The van der Waals surface area contributed by atoms with Gasteiger partial charge in [-0.25, -0.2) is 0 Å². The van der Waals surface area contributed by atoms with Crippen molar-refractivity contribution in [3.05, 3.63) is 60.7 Å².